The maximum absolute atomic E-state index is 6.34. The van der Waals surface area contributed by atoms with Gasteiger partial charge in [-0.3, -0.25) is 4.99 Å². The fourth-order valence-electron chi connectivity index (χ4n) is 2.53. The minimum absolute atomic E-state index is 0.104. The van der Waals surface area contributed by atoms with Crippen LogP contribution in [-0.4, -0.2) is 24.5 Å². The molecule has 0 saturated carbocycles. The molecular weight excluding hydrogens is 340 g/mol. The lowest BCUT2D eigenvalue weighted by Crippen LogP contribution is -2.43. The molecule has 0 atom stereocenters. The molecular formula is C18H25ClN4S. The molecule has 0 aliphatic heterocycles. The number of guanidine groups is 1. The van der Waals surface area contributed by atoms with E-state index in [1.807, 2.05) is 32.0 Å². The van der Waals surface area contributed by atoms with Crippen molar-refractivity contribution in [3.8, 4) is 0 Å². The fourth-order valence-corrected chi connectivity index (χ4v) is 3.80. The highest BCUT2D eigenvalue weighted by molar-refractivity contribution is 7.11. The van der Waals surface area contributed by atoms with Gasteiger partial charge in [-0.15, -0.1) is 11.3 Å². The summed E-state index contributed by atoms with van der Waals surface area (Å²) < 4.78 is 0. The number of hydrogen-bond donors (Lipinski definition) is 2. The van der Waals surface area contributed by atoms with Gasteiger partial charge in [0.05, 0.1) is 17.2 Å². The molecule has 6 heteroatoms. The summed E-state index contributed by atoms with van der Waals surface area (Å²) in [5.41, 5.74) is 2.10. The van der Waals surface area contributed by atoms with Crippen molar-refractivity contribution in [2.24, 2.45) is 4.99 Å². The average molecular weight is 365 g/mol. The van der Waals surface area contributed by atoms with Gasteiger partial charge in [0.1, 0.15) is 0 Å². The highest BCUT2D eigenvalue weighted by atomic mass is 35.5. The summed E-state index contributed by atoms with van der Waals surface area (Å²) in [5, 5.41) is 8.64. The van der Waals surface area contributed by atoms with E-state index in [1.165, 1.54) is 4.88 Å². The van der Waals surface area contributed by atoms with Crippen LogP contribution in [0.1, 0.15) is 35.0 Å². The molecule has 0 spiro atoms. The van der Waals surface area contributed by atoms with Crippen molar-refractivity contribution in [3.63, 3.8) is 0 Å². The Hall–Kier alpha value is -1.59. The molecule has 0 saturated heterocycles. The van der Waals surface area contributed by atoms with Gasteiger partial charge >= 0.3 is 0 Å². The third kappa shape index (κ3) is 4.71. The second-order valence-electron chi connectivity index (χ2n) is 6.38. The first-order valence-corrected chi connectivity index (χ1v) is 9.15. The van der Waals surface area contributed by atoms with Crippen molar-refractivity contribution in [1.82, 2.24) is 15.6 Å². The lowest BCUT2D eigenvalue weighted by molar-refractivity contribution is 0.509. The summed E-state index contributed by atoms with van der Waals surface area (Å²) in [6.07, 6.45) is 0. The highest BCUT2D eigenvalue weighted by Crippen LogP contribution is 2.29. The van der Waals surface area contributed by atoms with E-state index in [0.717, 1.165) is 40.3 Å². The lowest BCUT2D eigenvalue weighted by Gasteiger charge is -2.27. The van der Waals surface area contributed by atoms with E-state index in [1.54, 1.807) is 18.4 Å². The van der Waals surface area contributed by atoms with Crippen molar-refractivity contribution < 1.29 is 0 Å². The van der Waals surface area contributed by atoms with Crippen LogP contribution in [0.5, 0.6) is 0 Å². The first kappa shape index (κ1) is 18.7. The molecule has 1 aromatic carbocycles. The van der Waals surface area contributed by atoms with Crippen LogP contribution in [0.4, 0.5) is 0 Å². The van der Waals surface area contributed by atoms with E-state index in [2.05, 4.69) is 40.5 Å². The van der Waals surface area contributed by atoms with E-state index in [9.17, 15) is 0 Å². The Balaban J connectivity index is 1.96. The Labute approximate surface area is 153 Å². The zero-order chi connectivity index (χ0) is 17.7. The molecule has 2 aromatic rings. The number of benzene rings is 1. The summed E-state index contributed by atoms with van der Waals surface area (Å²) in [7, 11) is 1.78. The van der Waals surface area contributed by atoms with Crippen molar-refractivity contribution in [3.05, 3.63) is 50.4 Å². The van der Waals surface area contributed by atoms with Gasteiger partial charge in [-0.2, -0.15) is 0 Å². The van der Waals surface area contributed by atoms with Crippen LogP contribution in [-0.2, 0) is 12.0 Å². The SMILES string of the molecule is CN=C(NCc1sc(C)nc1C)NCC(C)(C)c1ccccc1Cl. The summed E-state index contributed by atoms with van der Waals surface area (Å²) in [4.78, 5) is 9.99. The Morgan fingerprint density at radius 2 is 1.96 bits per heavy atom. The minimum atomic E-state index is -0.104. The summed E-state index contributed by atoms with van der Waals surface area (Å²) in [6, 6.07) is 7.98. The van der Waals surface area contributed by atoms with E-state index < -0.39 is 0 Å². The van der Waals surface area contributed by atoms with Crippen LogP contribution in [0.15, 0.2) is 29.3 Å². The third-order valence-corrected chi connectivity index (χ3v) is 5.34. The molecule has 0 fully saturated rings. The van der Waals surface area contributed by atoms with Crippen molar-refractivity contribution in [1.29, 1.82) is 0 Å². The largest absolute Gasteiger partial charge is 0.356 e. The second kappa shape index (κ2) is 7.99. The van der Waals surface area contributed by atoms with Crippen LogP contribution in [0.3, 0.4) is 0 Å². The molecule has 24 heavy (non-hydrogen) atoms. The van der Waals surface area contributed by atoms with Crippen molar-refractivity contribution >= 4 is 28.9 Å². The van der Waals surface area contributed by atoms with E-state index in [4.69, 9.17) is 11.6 Å². The second-order valence-corrected chi connectivity index (χ2v) is 8.08. The molecule has 0 aliphatic carbocycles. The number of halogens is 1. The zero-order valence-corrected chi connectivity index (χ0v) is 16.5. The van der Waals surface area contributed by atoms with E-state index in [-0.39, 0.29) is 5.41 Å². The van der Waals surface area contributed by atoms with Gasteiger partial charge in [0.2, 0.25) is 0 Å². The zero-order valence-electron chi connectivity index (χ0n) is 14.9. The molecule has 0 bridgehead atoms. The average Bonchev–Trinajstić information content (AvgIpc) is 2.85. The number of aryl methyl sites for hydroxylation is 2. The number of nitrogens with zero attached hydrogens (tertiary/aromatic N) is 2. The van der Waals surface area contributed by atoms with Gasteiger partial charge in [-0.05, 0) is 25.5 Å². The highest BCUT2D eigenvalue weighted by Gasteiger charge is 2.23. The van der Waals surface area contributed by atoms with Gasteiger partial charge in [-0.1, -0.05) is 43.6 Å². The monoisotopic (exact) mass is 364 g/mol. The molecule has 0 amide bonds. The van der Waals surface area contributed by atoms with Crippen LogP contribution >= 0.6 is 22.9 Å². The third-order valence-electron chi connectivity index (χ3n) is 3.94. The first-order chi connectivity index (χ1) is 11.3. The smallest absolute Gasteiger partial charge is 0.191 e. The van der Waals surface area contributed by atoms with Gasteiger partial charge in [0.25, 0.3) is 0 Å². The Morgan fingerprint density at radius 3 is 2.54 bits per heavy atom. The Kier molecular flexibility index (Phi) is 6.24. The van der Waals surface area contributed by atoms with E-state index >= 15 is 0 Å². The number of aliphatic imine (C=N–C) groups is 1. The maximum Gasteiger partial charge on any atom is 0.191 e. The predicted octanol–water partition coefficient (Wildman–Crippen LogP) is 4.06. The van der Waals surface area contributed by atoms with Crippen LogP contribution in [0, 0.1) is 13.8 Å². The molecule has 2 N–H and O–H groups in total. The Morgan fingerprint density at radius 1 is 1.25 bits per heavy atom. The standard InChI is InChI=1S/C18H25ClN4S/c1-12-16(24-13(2)23-12)10-21-17(20-5)22-11-18(3,4)14-8-6-7-9-15(14)19/h6-9H,10-11H2,1-5H3,(H2,20,21,22). The minimum Gasteiger partial charge on any atom is -0.356 e. The number of nitrogens with one attached hydrogen (secondary N) is 2. The summed E-state index contributed by atoms with van der Waals surface area (Å²) >= 11 is 8.06. The number of hydrogen-bond acceptors (Lipinski definition) is 3. The predicted molar refractivity (Wildman–Crippen MR) is 104 cm³/mol. The van der Waals surface area contributed by atoms with Crippen molar-refractivity contribution in [2.75, 3.05) is 13.6 Å². The maximum atomic E-state index is 6.34. The molecule has 0 unspecified atom stereocenters. The molecule has 4 nitrogen and oxygen atoms in total. The van der Waals surface area contributed by atoms with Crippen LogP contribution in [0.2, 0.25) is 5.02 Å². The molecule has 2 rings (SSSR count). The fraction of sp³-hybridized carbons (Fsp3) is 0.444. The molecule has 1 aromatic heterocycles. The van der Waals surface area contributed by atoms with Crippen LogP contribution in [0.25, 0.3) is 0 Å². The molecule has 130 valence electrons. The van der Waals surface area contributed by atoms with Gasteiger partial charge < -0.3 is 10.6 Å². The molecule has 0 radical (unpaired) electrons. The van der Waals surface area contributed by atoms with Gasteiger partial charge in [0.15, 0.2) is 5.96 Å². The van der Waals surface area contributed by atoms with Gasteiger partial charge in [-0.25, -0.2) is 4.98 Å². The number of thiazole rings is 1. The quantitative estimate of drug-likeness (QED) is 0.621. The first-order valence-electron chi connectivity index (χ1n) is 7.96. The van der Waals surface area contributed by atoms with Crippen molar-refractivity contribution in [2.45, 2.75) is 39.7 Å². The molecule has 0 aliphatic rings. The Bertz CT molecular complexity index is 722. The number of aromatic nitrogens is 1. The summed E-state index contributed by atoms with van der Waals surface area (Å²) in [5.74, 6) is 0.778. The topological polar surface area (TPSA) is 49.3 Å². The normalized spacial score (nSPS) is 12.3. The van der Waals surface area contributed by atoms with Gasteiger partial charge in [0, 0.05) is 28.9 Å². The van der Waals surface area contributed by atoms with Crippen LogP contribution < -0.4 is 10.6 Å². The number of rotatable bonds is 5. The lowest BCUT2D eigenvalue weighted by atomic mass is 9.84. The summed E-state index contributed by atoms with van der Waals surface area (Å²) in [6.45, 7) is 9.87. The molecule has 1 heterocycles. The van der Waals surface area contributed by atoms with E-state index in [0.29, 0.717) is 0 Å².